The highest BCUT2D eigenvalue weighted by Gasteiger charge is 1.93. The van der Waals surface area contributed by atoms with E-state index in [1.165, 1.54) is 0 Å². The summed E-state index contributed by atoms with van der Waals surface area (Å²) in [6, 6.07) is 0.457. The van der Waals surface area contributed by atoms with Crippen molar-refractivity contribution in [3.63, 3.8) is 0 Å². The Kier molecular flexibility index (Phi) is 4.95. The summed E-state index contributed by atoms with van der Waals surface area (Å²) < 4.78 is 0. The predicted octanol–water partition coefficient (Wildman–Crippen LogP) is 1.17. The third kappa shape index (κ3) is 5.13. The summed E-state index contributed by atoms with van der Waals surface area (Å²) in [6.45, 7) is 6.35. The van der Waals surface area contributed by atoms with Crippen LogP contribution in [0.25, 0.3) is 0 Å². The number of terminal acetylenes is 1. The van der Waals surface area contributed by atoms with Crippen molar-refractivity contribution < 1.29 is 0 Å². The van der Waals surface area contributed by atoms with Crippen LogP contribution in [0.1, 0.15) is 13.3 Å². The quantitative estimate of drug-likeness (QED) is 0.437. The molecule has 0 amide bonds. The first kappa shape index (κ1) is 8.26. The molecule has 0 spiro atoms. The number of rotatable bonds is 4. The van der Waals surface area contributed by atoms with E-state index in [0.29, 0.717) is 12.6 Å². The number of nitrogens with one attached hydrogen (secondary N) is 1. The third-order valence-electron chi connectivity index (χ3n) is 1.07. The molecule has 0 aliphatic heterocycles. The second-order valence-corrected chi connectivity index (χ2v) is 2.01. The zero-order chi connectivity index (χ0) is 7.11. The monoisotopic (exact) mass is 123 g/mol. The normalized spacial score (nSPS) is 12.0. The van der Waals surface area contributed by atoms with Crippen molar-refractivity contribution in [2.75, 3.05) is 6.54 Å². The summed E-state index contributed by atoms with van der Waals surface area (Å²) in [4.78, 5) is 0. The fourth-order valence-corrected chi connectivity index (χ4v) is 0.566. The summed E-state index contributed by atoms with van der Waals surface area (Å²) in [7, 11) is 0. The smallest absolute Gasteiger partial charge is 0.0575 e. The highest BCUT2D eigenvalue weighted by molar-refractivity contribution is 4.88. The average molecular weight is 123 g/mol. The fraction of sp³-hybridized carbons (Fsp3) is 0.500. The van der Waals surface area contributed by atoms with E-state index in [0.717, 1.165) is 6.42 Å². The third-order valence-corrected chi connectivity index (χ3v) is 1.07. The Bertz CT molecular complexity index is 110. The lowest BCUT2D eigenvalue weighted by molar-refractivity contribution is 0.596. The van der Waals surface area contributed by atoms with E-state index in [4.69, 9.17) is 6.42 Å². The molecule has 1 nitrogen and oxygen atoms in total. The molecule has 0 saturated heterocycles. The number of hydrogen-bond acceptors (Lipinski definition) is 1. The van der Waals surface area contributed by atoms with Crippen molar-refractivity contribution in [2.45, 2.75) is 19.4 Å². The summed E-state index contributed by atoms with van der Waals surface area (Å²) in [5.41, 5.74) is 0. The minimum atomic E-state index is 0.457. The molecule has 50 valence electrons. The molecule has 0 aromatic carbocycles. The first-order chi connectivity index (χ1) is 4.31. The van der Waals surface area contributed by atoms with Crippen molar-refractivity contribution in [3.8, 4) is 12.3 Å². The van der Waals surface area contributed by atoms with Gasteiger partial charge < -0.3 is 5.32 Å². The van der Waals surface area contributed by atoms with Crippen LogP contribution in [0.3, 0.4) is 0 Å². The van der Waals surface area contributed by atoms with Crippen LogP contribution in [-0.2, 0) is 0 Å². The lowest BCUT2D eigenvalue weighted by Gasteiger charge is -2.06. The van der Waals surface area contributed by atoms with Crippen molar-refractivity contribution in [3.05, 3.63) is 12.7 Å². The SMILES string of the molecule is C#CCNC(C)CC=C. The van der Waals surface area contributed by atoms with Crippen LogP contribution in [0.4, 0.5) is 0 Å². The summed E-state index contributed by atoms with van der Waals surface area (Å²) in [5.74, 6) is 2.51. The topological polar surface area (TPSA) is 12.0 Å². The minimum absolute atomic E-state index is 0.457. The average Bonchev–Trinajstić information content (AvgIpc) is 1.85. The zero-order valence-electron chi connectivity index (χ0n) is 5.85. The summed E-state index contributed by atoms with van der Waals surface area (Å²) >= 11 is 0. The van der Waals surface area contributed by atoms with Crippen molar-refractivity contribution in [1.82, 2.24) is 5.32 Å². The van der Waals surface area contributed by atoms with Gasteiger partial charge in [0, 0.05) is 6.04 Å². The second-order valence-electron chi connectivity index (χ2n) is 2.01. The van der Waals surface area contributed by atoms with E-state index in [-0.39, 0.29) is 0 Å². The van der Waals surface area contributed by atoms with Gasteiger partial charge in [0.1, 0.15) is 0 Å². The van der Waals surface area contributed by atoms with Crippen LogP contribution in [0.5, 0.6) is 0 Å². The van der Waals surface area contributed by atoms with E-state index >= 15 is 0 Å². The Labute approximate surface area is 57.2 Å². The van der Waals surface area contributed by atoms with Gasteiger partial charge in [-0.3, -0.25) is 0 Å². The largest absolute Gasteiger partial charge is 0.303 e. The van der Waals surface area contributed by atoms with Gasteiger partial charge in [0.25, 0.3) is 0 Å². The van der Waals surface area contributed by atoms with Gasteiger partial charge in [-0.2, -0.15) is 0 Å². The van der Waals surface area contributed by atoms with Gasteiger partial charge >= 0.3 is 0 Å². The lowest BCUT2D eigenvalue weighted by atomic mass is 10.2. The Morgan fingerprint density at radius 3 is 3.00 bits per heavy atom. The highest BCUT2D eigenvalue weighted by Crippen LogP contribution is 1.88. The predicted molar refractivity (Wildman–Crippen MR) is 41.1 cm³/mol. The molecule has 1 N–H and O–H groups in total. The van der Waals surface area contributed by atoms with Crippen LogP contribution < -0.4 is 5.32 Å². The highest BCUT2D eigenvalue weighted by atomic mass is 14.9. The molecule has 0 fully saturated rings. The molecule has 0 saturated carbocycles. The standard InChI is InChI=1S/C8H13N/c1-4-6-8(3)9-7-5-2/h2,4,8-9H,1,6-7H2,3H3. The van der Waals surface area contributed by atoms with Crippen molar-refractivity contribution >= 4 is 0 Å². The molecular weight excluding hydrogens is 110 g/mol. The maximum atomic E-state index is 5.03. The van der Waals surface area contributed by atoms with Crippen LogP contribution in [0.15, 0.2) is 12.7 Å². The van der Waals surface area contributed by atoms with Crippen LogP contribution in [0.2, 0.25) is 0 Å². The van der Waals surface area contributed by atoms with E-state index in [9.17, 15) is 0 Å². The molecule has 0 radical (unpaired) electrons. The van der Waals surface area contributed by atoms with Crippen LogP contribution >= 0.6 is 0 Å². The molecule has 0 aliphatic rings. The van der Waals surface area contributed by atoms with Gasteiger partial charge in [-0.1, -0.05) is 12.0 Å². The van der Waals surface area contributed by atoms with Crippen LogP contribution in [0, 0.1) is 12.3 Å². The molecule has 1 heteroatoms. The Balaban J connectivity index is 3.17. The van der Waals surface area contributed by atoms with Gasteiger partial charge in [-0.15, -0.1) is 13.0 Å². The second kappa shape index (κ2) is 5.40. The Hall–Kier alpha value is -0.740. The van der Waals surface area contributed by atoms with Gasteiger partial charge in [-0.25, -0.2) is 0 Å². The van der Waals surface area contributed by atoms with E-state index in [1.54, 1.807) is 0 Å². The minimum Gasteiger partial charge on any atom is -0.303 e. The molecule has 0 aromatic rings. The maximum absolute atomic E-state index is 5.03. The molecule has 1 atom stereocenters. The molecule has 9 heavy (non-hydrogen) atoms. The fourth-order valence-electron chi connectivity index (χ4n) is 0.566. The summed E-state index contributed by atoms with van der Waals surface area (Å²) in [6.07, 6.45) is 7.89. The molecular formula is C8H13N. The summed E-state index contributed by atoms with van der Waals surface area (Å²) in [5, 5.41) is 3.13. The van der Waals surface area contributed by atoms with E-state index in [2.05, 4.69) is 24.7 Å². The molecule has 0 aliphatic carbocycles. The van der Waals surface area contributed by atoms with Gasteiger partial charge in [0.2, 0.25) is 0 Å². The lowest BCUT2D eigenvalue weighted by Crippen LogP contribution is -2.25. The first-order valence-corrected chi connectivity index (χ1v) is 3.09. The molecule has 0 aromatic heterocycles. The first-order valence-electron chi connectivity index (χ1n) is 3.09. The zero-order valence-corrected chi connectivity index (χ0v) is 5.85. The van der Waals surface area contributed by atoms with Gasteiger partial charge in [-0.05, 0) is 13.3 Å². The van der Waals surface area contributed by atoms with E-state index < -0.39 is 0 Å². The molecule has 1 unspecified atom stereocenters. The molecule has 0 heterocycles. The Morgan fingerprint density at radius 2 is 2.56 bits per heavy atom. The molecule has 0 bridgehead atoms. The van der Waals surface area contributed by atoms with Gasteiger partial charge in [0.15, 0.2) is 0 Å². The van der Waals surface area contributed by atoms with Crippen molar-refractivity contribution in [2.24, 2.45) is 0 Å². The van der Waals surface area contributed by atoms with Crippen molar-refractivity contribution in [1.29, 1.82) is 0 Å². The van der Waals surface area contributed by atoms with E-state index in [1.807, 2.05) is 6.08 Å². The molecule has 0 rings (SSSR count). The van der Waals surface area contributed by atoms with Gasteiger partial charge in [0.05, 0.1) is 6.54 Å². The number of hydrogen-bond donors (Lipinski definition) is 1. The maximum Gasteiger partial charge on any atom is 0.0575 e. The Morgan fingerprint density at radius 1 is 1.89 bits per heavy atom. The van der Waals surface area contributed by atoms with Crippen LogP contribution in [-0.4, -0.2) is 12.6 Å².